The Bertz CT molecular complexity index is 1050. The minimum absolute atomic E-state index is 0.0427. The lowest BCUT2D eigenvalue weighted by molar-refractivity contribution is -0.136. The third-order valence-electron chi connectivity index (χ3n) is 5.36. The van der Waals surface area contributed by atoms with E-state index in [1.54, 1.807) is 44.6 Å². The van der Waals surface area contributed by atoms with Gasteiger partial charge in [0.25, 0.3) is 0 Å². The molecule has 2 aromatic rings. The summed E-state index contributed by atoms with van der Waals surface area (Å²) in [7, 11) is 3.14. The molecule has 0 amide bonds. The van der Waals surface area contributed by atoms with Crippen LogP contribution in [-0.4, -0.2) is 26.0 Å². The van der Waals surface area contributed by atoms with Gasteiger partial charge in [0.1, 0.15) is 23.0 Å². The lowest BCUT2D eigenvalue weighted by atomic mass is 9.84. The van der Waals surface area contributed by atoms with Crippen LogP contribution in [0, 0.1) is 5.92 Å². The third kappa shape index (κ3) is 3.54. The van der Waals surface area contributed by atoms with E-state index >= 15 is 0 Å². The van der Waals surface area contributed by atoms with E-state index in [9.17, 15) is 9.59 Å². The van der Waals surface area contributed by atoms with Crippen molar-refractivity contribution in [2.45, 2.75) is 32.6 Å². The molecule has 2 aliphatic rings. The van der Waals surface area contributed by atoms with Crippen molar-refractivity contribution in [1.29, 1.82) is 0 Å². The number of ether oxygens (including phenoxy) is 4. The quantitative estimate of drug-likeness (QED) is 0.404. The third-order valence-corrected chi connectivity index (χ3v) is 5.36. The number of Topliss-reactive ketones (excluding diaryl/α,β-unsaturated/α-hetero) is 1. The molecule has 6 nitrogen and oxygen atoms in total. The number of methoxy groups -OCH3 is 2. The summed E-state index contributed by atoms with van der Waals surface area (Å²) in [5, 5.41) is 0. The van der Waals surface area contributed by atoms with Crippen molar-refractivity contribution < 1.29 is 28.5 Å². The molecule has 0 bridgehead atoms. The molecule has 0 unspecified atom stereocenters. The number of allylic oxidation sites excluding steroid dienone is 1. The summed E-state index contributed by atoms with van der Waals surface area (Å²) in [6, 6.07) is 8.70. The van der Waals surface area contributed by atoms with Gasteiger partial charge < -0.3 is 18.9 Å². The number of carbonyl (C=O) groups is 2. The van der Waals surface area contributed by atoms with Crippen LogP contribution in [0.4, 0.5) is 0 Å². The summed E-state index contributed by atoms with van der Waals surface area (Å²) in [4.78, 5) is 25.1. The maximum absolute atomic E-state index is 13.0. The molecule has 2 heterocycles. The van der Waals surface area contributed by atoms with Crippen LogP contribution in [0.3, 0.4) is 0 Å². The van der Waals surface area contributed by atoms with Gasteiger partial charge in [-0.1, -0.05) is 13.8 Å². The van der Waals surface area contributed by atoms with E-state index in [0.29, 0.717) is 40.0 Å². The SMILES string of the molecule is COc1ccc(/C=C2\Oc3c(ccc4c3[C@H](CC(C)C)CC(=O)O4)C2=O)c(OC)c1. The molecule has 2 aromatic carbocycles. The van der Waals surface area contributed by atoms with Gasteiger partial charge in [0.2, 0.25) is 5.78 Å². The fraction of sp³-hybridized carbons (Fsp3) is 0.333. The van der Waals surface area contributed by atoms with Crippen LogP contribution in [0.2, 0.25) is 0 Å². The first-order valence-electron chi connectivity index (χ1n) is 9.95. The first-order chi connectivity index (χ1) is 14.4. The molecule has 1 atom stereocenters. The molecule has 0 saturated heterocycles. The number of fused-ring (bicyclic) bond motifs is 3. The second-order valence-electron chi connectivity index (χ2n) is 7.91. The van der Waals surface area contributed by atoms with Gasteiger partial charge in [0, 0.05) is 23.1 Å². The first-order valence-corrected chi connectivity index (χ1v) is 9.95. The Morgan fingerprint density at radius 2 is 1.90 bits per heavy atom. The molecule has 0 aromatic heterocycles. The minimum atomic E-state index is -0.254. The van der Waals surface area contributed by atoms with Crippen LogP contribution in [0.5, 0.6) is 23.0 Å². The number of hydrogen-bond acceptors (Lipinski definition) is 6. The minimum Gasteiger partial charge on any atom is -0.497 e. The largest absolute Gasteiger partial charge is 0.497 e. The molecule has 0 saturated carbocycles. The Balaban J connectivity index is 1.75. The predicted molar refractivity (Wildman–Crippen MR) is 111 cm³/mol. The van der Waals surface area contributed by atoms with E-state index in [1.807, 2.05) is 6.07 Å². The number of carbonyl (C=O) groups excluding carboxylic acids is 2. The van der Waals surface area contributed by atoms with Gasteiger partial charge in [-0.15, -0.1) is 0 Å². The molecule has 2 aliphatic heterocycles. The van der Waals surface area contributed by atoms with E-state index < -0.39 is 0 Å². The summed E-state index contributed by atoms with van der Waals surface area (Å²) in [5.74, 6) is 2.30. The van der Waals surface area contributed by atoms with E-state index in [0.717, 1.165) is 12.0 Å². The van der Waals surface area contributed by atoms with Gasteiger partial charge in [-0.3, -0.25) is 9.59 Å². The highest BCUT2D eigenvalue weighted by Crippen LogP contribution is 2.48. The number of rotatable bonds is 5. The second-order valence-corrected chi connectivity index (χ2v) is 7.91. The molecular weight excluding hydrogens is 384 g/mol. The van der Waals surface area contributed by atoms with Crippen molar-refractivity contribution >= 4 is 17.8 Å². The molecule has 0 fully saturated rings. The van der Waals surface area contributed by atoms with Gasteiger partial charge in [-0.2, -0.15) is 0 Å². The molecule has 0 spiro atoms. The number of benzene rings is 2. The van der Waals surface area contributed by atoms with Crippen LogP contribution in [0.15, 0.2) is 36.1 Å². The van der Waals surface area contributed by atoms with E-state index in [4.69, 9.17) is 18.9 Å². The molecule has 0 N–H and O–H groups in total. The highest BCUT2D eigenvalue weighted by molar-refractivity contribution is 6.15. The van der Waals surface area contributed by atoms with Crippen molar-refractivity contribution in [3.05, 3.63) is 52.8 Å². The van der Waals surface area contributed by atoms with Crippen LogP contribution < -0.4 is 18.9 Å². The van der Waals surface area contributed by atoms with Crippen molar-refractivity contribution in [3.63, 3.8) is 0 Å². The smallest absolute Gasteiger partial charge is 0.311 e. The van der Waals surface area contributed by atoms with E-state index in [1.165, 1.54) is 0 Å². The molecule has 30 heavy (non-hydrogen) atoms. The van der Waals surface area contributed by atoms with Gasteiger partial charge in [0.15, 0.2) is 5.76 Å². The Kier molecular flexibility index (Phi) is 5.24. The molecule has 0 radical (unpaired) electrons. The monoisotopic (exact) mass is 408 g/mol. The lowest BCUT2D eigenvalue weighted by Gasteiger charge is -2.27. The zero-order valence-corrected chi connectivity index (χ0v) is 17.5. The van der Waals surface area contributed by atoms with Crippen LogP contribution >= 0.6 is 0 Å². The van der Waals surface area contributed by atoms with Crippen molar-refractivity contribution in [2.75, 3.05) is 14.2 Å². The molecule has 4 rings (SSSR count). The summed E-state index contributed by atoms with van der Waals surface area (Å²) < 4.78 is 22.1. The number of esters is 1. The first kappa shape index (κ1) is 20.0. The maximum atomic E-state index is 13.0. The van der Waals surface area contributed by atoms with Gasteiger partial charge in [0.05, 0.1) is 26.2 Å². The zero-order valence-electron chi connectivity index (χ0n) is 17.5. The average molecular weight is 408 g/mol. The van der Waals surface area contributed by atoms with Crippen molar-refractivity contribution in [2.24, 2.45) is 5.92 Å². The fourth-order valence-corrected chi connectivity index (χ4v) is 4.05. The Labute approximate surface area is 175 Å². The Morgan fingerprint density at radius 1 is 1.10 bits per heavy atom. The predicted octanol–water partition coefficient (Wildman–Crippen LogP) is 4.76. The average Bonchev–Trinajstić information content (AvgIpc) is 3.03. The Hall–Kier alpha value is -3.28. The van der Waals surface area contributed by atoms with E-state index in [-0.39, 0.29) is 29.9 Å². The highest BCUT2D eigenvalue weighted by atomic mass is 16.5. The van der Waals surface area contributed by atoms with Crippen molar-refractivity contribution in [3.8, 4) is 23.0 Å². The Morgan fingerprint density at radius 3 is 2.60 bits per heavy atom. The van der Waals surface area contributed by atoms with Gasteiger partial charge >= 0.3 is 5.97 Å². The standard InChI is InChI=1S/C24H24O6/c1-13(2)9-15-11-21(25)29-18-8-7-17-23(26)20(30-24(17)22(15)18)10-14-5-6-16(27-3)12-19(14)28-4/h5-8,10,12-13,15H,9,11H2,1-4H3/b20-10-/t15-/m1/s1. The zero-order chi connectivity index (χ0) is 21.4. The molecule has 6 heteroatoms. The lowest BCUT2D eigenvalue weighted by Crippen LogP contribution is -2.21. The van der Waals surface area contributed by atoms with Crippen LogP contribution in [0.25, 0.3) is 6.08 Å². The fourth-order valence-electron chi connectivity index (χ4n) is 4.05. The molecule has 0 aliphatic carbocycles. The summed E-state index contributed by atoms with van der Waals surface area (Å²) in [6.45, 7) is 4.21. The number of hydrogen-bond donors (Lipinski definition) is 0. The van der Waals surface area contributed by atoms with Crippen LogP contribution in [-0.2, 0) is 4.79 Å². The number of ketones is 1. The van der Waals surface area contributed by atoms with Crippen LogP contribution in [0.1, 0.15) is 54.1 Å². The topological polar surface area (TPSA) is 71.1 Å². The molecular formula is C24H24O6. The normalized spacial score (nSPS) is 18.7. The van der Waals surface area contributed by atoms with Gasteiger partial charge in [-0.05, 0) is 42.7 Å². The van der Waals surface area contributed by atoms with Crippen molar-refractivity contribution in [1.82, 2.24) is 0 Å². The summed E-state index contributed by atoms with van der Waals surface area (Å²) >= 11 is 0. The highest BCUT2D eigenvalue weighted by Gasteiger charge is 2.38. The maximum Gasteiger partial charge on any atom is 0.311 e. The second kappa shape index (κ2) is 7.86. The molecule has 156 valence electrons. The summed E-state index contributed by atoms with van der Waals surface area (Å²) in [6.07, 6.45) is 2.76. The summed E-state index contributed by atoms with van der Waals surface area (Å²) in [5.41, 5.74) is 1.99. The van der Waals surface area contributed by atoms with Gasteiger partial charge in [-0.25, -0.2) is 0 Å². The van der Waals surface area contributed by atoms with E-state index in [2.05, 4.69) is 13.8 Å².